The van der Waals surface area contributed by atoms with Crippen LogP contribution in [0.3, 0.4) is 0 Å². The van der Waals surface area contributed by atoms with Gasteiger partial charge in [0.05, 0.1) is 0 Å². The summed E-state index contributed by atoms with van der Waals surface area (Å²) in [6, 6.07) is 7.59. The molecule has 0 saturated carbocycles. The molecule has 0 bridgehead atoms. The van der Waals surface area contributed by atoms with Crippen molar-refractivity contribution >= 4 is 11.6 Å². The summed E-state index contributed by atoms with van der Waals surface area (Å²) in [6.45, 7) is 0.556. The Labute approximate surface area is 70.8 Å². The summed E-state index contributed by atoms with van der Waals surface area (Å²) >= 11 is 5.74. The van der Waals surface area contributed by atoms with E-state index in [-0.39, 0.29) is 0 Å². The third-order valence-electron chi connectivity index (χ3n) is 1.41. The van der Waals surface area contributed by atoms with Gasteiger partial charge in [0, 0.05) is 11.6 Å². The lowest BCUT2D eigenvalue weighted by atomic mass is 10.2. The van der Waals surface area contributed by atoms with Crippen molar-refractivity contribution in [3.8, 4) is 0 Å². The largest absolute Gasteiger partial charge is 0.317 e. The maximum atomic E-state index is 8.31. The standard InChI is InChI=1S/C8H10ClNO/c9-8-3-1-2-7(6-8)4-5-10-11/h1-3,6,10-11H,4-5H2. The molecule has 0 aliphatic rings. The molecule has 0 amide bonds. The molecule has 1 aromatic carbocycles. The van der Waals surface area contributed by atoms with Gasteiger partial charge in [0.2, 0.25) is 0 Å². The van der Waals surface area contributed by atoms with Crippen LogP contribution in [0, 0.1) is 0 Å². The van der Waals surface area contributed by atoms with E-state index in [4.69, 9.17) is 16.8 Å². The third kappa shape index (κ3) is 2.89. The molecule has 0 atom stereocenters. The third-order valence-corrected chi connectivity index (χ3v) is 1.65. The van der Waals surface area contributed by atoms with Crippen LogP contribution in [0.2, 0.25) is 5.02 Å². The summed E-state index contributed by atoms with van der Waals surface area (Å²) in [4.78, 5) is 0. The van der Waals surface area contributed by atoms with Crippen LogP contribution in [0.15, 0.2) is 24.3 Å². The van der Waals surface area contributed by atoms with Crippen LogP contribution < -0.4 is 5.48 Å². The van der Waals surface area contributed by atoms with Crippen LogP contribution in [0.1, 0.15) is 5.56 Å². The summed E-state index contributed by atoms with van der Waals surface area (Å²) in [5.41, 5.74) is 3.22. The zero-order valence-electron chi connectivity index (χ0n) is 6.05. The van der Waals surface area contributed by atoms with Crippen molar-refractivity contribution in [3.63, 3.8) is 0 Å². The molecule has 60 valence electrons. The van der Waals surface area contributed by atoms with Crippen molar-refractivity contribution in [2.75, 3.05) is 6.54 Å². The monoisotopic (exact) mass is 171 g/mol. The van der Waals surface area contributed by atoms with E-state index in [1.54, 1.807) is 0 Å². The molecule has 11 heavy (non-hydrogen) atoms. The van der Waals surface area contributed by atoms with Crippen molar-refractivity contribution in [2.24, 2.45) is 0 Å². The van der Waals surface area contributed by atoms with E-state index in [1.807, 2.05) is 24.3 Å². The number of nitrogens with one attached hydrogen (secondary N) is 1. The highest BCUT2D eigenvalue weighted by molar-refractivity contribution is 6.30. The Balaban J connectivity index is 2.56. The lowest BCUT2D eigenvalue weighted by Crippen LogP contribution is -2.10. The minimum atomic E-state index is 0.556. The average molecular weight is 172 g/mol. The highest BCUT2D eigenvalue weighted by Gasteiger charge is 1.92. The molecule has 1 aromatic rings. The van der Waals surface area contributed by atoms with E-state index < -0.39 is 0 Å². The van der Waals surface area contributed by atoms with Crippen LogP contribution in [-0.4, -0.2) is 11.8 Å². The van der Waals surface area contributed by atoms with Gasteiger partial charge in [0.25, 0.3) is 0 Å². The van der Waals surface area contributed by atoms with E-state index in [1.165, 1.54) is 0 Å². The van der Waals surface area contributed by atoms with Gasteiger partial charge in [0.15, 0.2) is 0 Å². The Morgan fingerprint density at radius 2 is 2.27 bits per heavy atom. The maximum absolute atomic E-state index is 8.31. The molecular weight excluding hydrogens is 162 g/mol. The molecule has 0 saturated heterocycles. The first kappa shape index (κ1) is 8.53. The predicted octanol–water partition coefficient (Wildman–Crippen LogP) is 1.86. The molecule has 1 rings (SSSR count). The summed E-state index contributed by atoms with van der Waals surface area (Å²) in [5.74, 6) is 0. The lowest BCUT2D eigenvalue weighted by molar-refractivity contribution is 0.168. The number of halogens is 1. The Morgan fingerprint density at radius 1 is 1.45 bits per heavy atom. The van der Waals surface area contributed by atoms with E-state index in [0.29, 0.717) is 6.54 Å². The van der Waals surface area contributed by atoms with Gasteiger partial charge in [-0.2, -0.15) is 0 Å². The molecule has 0 aliphatic heterocycles. The smallest absolute Gasteiger partial charge is 0.0408 e. The number of hydrogen-bond donors (Lipinski definition) is 2. The van der Waals surface area contributed by atoms with Gasteiger partial charge in [0.1, 0.15) is 0 Å². The summed E-state index contributed by atoms with van der Waals surface area (Å²) in [6.07, 6.45) is 0.789. The van der Waals surface area contributed by atoms with Crippen molar-refractivity contribution in [1.29, 1.82) is 0 Å². The van der Waals surface area contributed by atoms with Gasteiger partial charge in [-0.15, -0.1) is 0 Å². The molecule has 0 aliphatic carbocycles. The number of benzene rings is 1. The SMILES string of the molecule is ONCCc1cccc(Cl)c1. The highest BCUT2D eigenvalue weighted by Crippen LogP contribution is 2.10. The lowest BCUT2D eigenvalue weighted by Gasteiger charge is -1.99. The fourth-order valence-corrected chi connectivity index (χ4v) is 1.11. The van der Waals surface area contributed by atoms with E-state index in [2.05, 4.69) is 5.48 Å². The quantitative estimate of drug-likeness (QED) is 0.681. The molecule has 0 radical (unpaired) electrons. The Hall–Kier alpha value is -0.570. The minimum Gasteiger partial charge on any atom is -0.317 e. The number of rotatable bonds is 3. The molecular formula is C8H10ClNO. The van der Waals surface area contributed by atoms with Gasteiger partial charge in [-0.3, -0.25) is 0 Å². The topological polar surface area (TPSA) is 32.3 Å². The van der Waals surface area contributed by atoms with Crippen molar-refractivity contribution in [1.82, 2.24) is 5.48 Å². The second-order valence-corrected chi connectivity index (χ2v) is 2.72. The molecule has 0 heterocycles. The molecule has 2 nitrogen and oxygen atoms in total. The van der Waals surface area contributed by atoms with Crippen molar-refractivity contribution in [3.05, 3.63) is 34.9 Å². The van der Waals surface area contributed by atoms with Crippen LogP contribution in [0.4, 0.5) is 0 Å². The molecule has 0 unspecified atom stereocenters. The second-order valence-electron chi connectivity index (χ2n) is 2.29. The normalized spacial score (nSPS) is 10.0. The number of hydrogen-bond acceptors (Lipinski definition) is 2. The van der Waals surface area contributed by atoms with Crippen LogP contribution >= 0.6 is 11.6 Å². The Bertz CT molecular complexity index is 227. The molecule has 3 heteroatoms. The molecule has 0 aromatic heterocycles. The van der Waals surface area contributed by atoms with Crippen LogP contribution in [-0.2, 0) is 6.42 Å². The van der Waals surface area contributed by atoms with Crippen molar-refractivity contribution < 1.29 is 5.21 Å². The second kappa shape index (κ2) is 4.34. The first-order valence-electron chi connectivity index (χ1n) is 3.44. The van der Waals surface area contributed by atoms with Gasteiger partial charge >= 0.3 is 0 Å². The fourth-order valence-electron chi connectivity index (χ4n) is 0.893. The average Bonchev–Trinajstić information content (AvgIpc) is 2.01. The van der Waals surface area contributed by atoms with E-state index in [0.717, 1.165) is 17.0 Å². The van der Waals surface area contributed by atoms with E-state index in [9.17, 15) is 0 Å². The van der Waals surface area contributed by atoms with Gasteiger partial charge < -0.3 is 5.21 Å². The molecule has 0 fully saturated rings. The summed E-state index contributed by atoms with van der Waals surface area (Å²) in [5, 5.41) is 9.05. The maximum Gasteiger partial charge on any atom is 0.0408 e. The first-order valence-corrected chi connectivity index (χ1v) is 3.82. The number of hydroxylamine groups is 1. The summed E-state index contributed by atoms with van der Waals surface area (Å²) < 4.78 is 0. The first-order chi connectivity index (χ1) is 5.33. The molecule has 2 N–H and O–H groups in total. The van der Waals surface area contributed by atoms with Gasteiger partial charge in [-0.1, -0.05) is 23.7 Å². The van der Waals surface area contributed by atoms with E-state index >= 15 is 0 Å². The van der Waals surface area contributed by atoms with Gasteiger partial charge in [-0.05, 0) is 24.1 Å². The van der Waals surface area contributed by atoms with Crippen molar-refractivity contribution in [2.45, 2.75) is 6.42 Å². The molecule has 0 spiro atoms. The summed E-state index contributed by atoms with van der Waals surface area (Å²) in [7, 11) is 0. The Morgan fingerprint density at radius 3 is 2.91 bits per heavy atom. The zero-order valence-corrected chi connectivity index (χ0v) is 6.80. The van der Waals surface area contributed by atoms with Crippen LogP contribution in [0.5, 0.6) is 0 Å². The predicted molar refractivity (Wildman–Crippen MR) is 44.9 cm³/mol. The zero-order chi connectivity index (χ0) is 8.10. The highest BCUT2D eigenvalue weighted by atomic mass is 35.5. The van der Waals surface area contributed by atoms with Crippen LogP contribution in [0.25, 0.3) is 0 Å². The Kier molecular flexibility index (Phi) is 3.36. The minimum absolute atomic E-state index is 0.556. The fraction of sp³-hybridized carbons (Fsp3) is 0.250. The van der Waals surface area contributed by atoms with Gasteiger partial charge in [-0.25, -0.2) is 5.48 Å².